The molecule has 3 heterocycles. The third-order valence-corrected chi connectivity index (χ3v) is 9.11. The molecule has 2 N–H and O–H groups in total. The highest BCUT2D eigenvalue weighted by Crippen LogP contribution is 2.59. The predicted molar refractivity (Wildman–Crippen MR) is 167 cm³/mol. The molecule has 3 amide bonds. The highest BCUT2D eigenvalue weighted by molar-refractivity contribution is 6.34. The first kappa shape index (κ1) is 33.7. The number of esters is 1. The maximum atomic E-state index is 14.7. The van der Waals surface area contributed by atoms with E-state index in [2.05, 4.69) is 18.5 Å². The summed E-state index contributed by atoms with van der Waals surface area (Å²) in [7, 11) is 0. The molecule has 3 saturated heterocycles. The zero-order valence-electron chi connectivity index (χ0n) is 25.7. The number of likely N-dealkylation sites (tertiary alicyclic amines) is 1. The molecule has 44 heavy (non-hydrogen) atoms. The van der Waals surface area contributed by atoms with Crippen LogP contribution in [-0.2, 0) is 28.7 Å². The van der Waals surface area contributed by atoms with E-state index >= 15 is 0 Å². The third kappa shape index (κ3) is 6.43. The average molecular weight is 630 g/mol. The summed E-state index contributed by atoms with van der Waals surface area (Å²) < 4.78 is 12.3. The van der Waals surface area contributed by atoms with Gasteiger partial charge in [-0.1, -0.05) is 49.7 Å². The van der Waals surface area contributed by atoms with Crippen LogP contribution in [0.1, 0.15) is 52.9 Å². The maximum Gasteiger partial charge on any atom is 0.312 e. The summed E-state index contributed by atoms with van der Waals surface area (Å²) in [6.45, 7) is 13.0. The number of rotatable bonds is 15. The Hall–Kier alpha value is -3.21. The SMILES string of the molecule is C=CCCC(=O)NC[C@H](C)OC(=O)[C@@H]1[C@H]2C(=O)N([C@@H](CO)CC(C)C)[C@H](C(=O)N(CC=C)c3ccccc3Cl)[C@]23CC[C@H]1O3. The number of allylic oxidation sites excluding steroid dienone is 1. The van der Waals surface area contributed by atoms with Crippen molar-refractivity contribution in [2.24, 2.45) is 17.8 Å². The van der Waals surface area contributed by atoms with E-state index < -0.39 is 59.5 Å². The Balaban J connectivity index is 1.67. The number of hydrogen-bond acceptors (Lipinski definition) is 7. The van der Waals surface area contributed by atoms with Gasteiger partial charge >= 0.3 is 5.97 Å². The van der Waals surface area contributed by atoms with Crippen LogP contribution in [0, 0.1) is 17.8 Å². The molecule has 0 radical (unpaired) electrons. The third-order valence-electron chi connectivity index (χ3n) is 8.79. The average Bonchev–Trinajstić information content (AvgIpc) is 3.64. The van der Waals surface area contributed by atoms with Gasteiger partial charge in [0.05, 0.1) is 47.8 Å². The number of hydrogen-bond donors (Lipinski definition) is 2. The number of nitrogens with zero attached hydrogens (tertiary/aromatic N) is 2. The number of amides is 3. The van der Waals surface area contributed by atoms with Crippen molar-refractivity contribution >= 4 is 41.0 Å². The number of anilines is 1. The zero-order valence-corrected chi connectivity index (χ0v) is 26.5. The summed E-state index contributed by atoms with van der Waals surface area (Å²) in [5.41, 5.74) is -0.821. The molecule has 7 atom stereocenters. The molecule has 10 nitrogen and oxygen atoms in total. The number of fused-ring (bicyclic) bond motifs is 1. The van der Waals surface area contributed by atoms with E-state index in [9.17, 15) is 24.3 Å². The van der Waals surface area contributed by atoms with Gasteiger partial charge in [0.1, 0.15) is 17.7 Å². The lowest BCUT2D eigenvalue weighted by Gasteiger charge is -2.39. The molecule has 2 bridgehead atoms. The van der Waals surface area contributed by atoms with Gasteiger partial charge in [0.2, 0.25) is 11.8 Å². The lowest BCUT2D eigenvalue weighted by Crippen LogP contribution is -2.59. The van der Waals surface area contributed by atoms with Gasteiger partial charge in [0.25, 0.3) is 5.91 Å². The fourth-order valence-electron chi connectivity index (χ4n) is 7.00. The van der Waals surface area contributed by atoms with Crippen LogP contribution in [-0.4, -0.2) is 83.3 Å². The number of aliphatic hydroxyl groups excluding tert-OH is 1. The Kier molecular flexibility index (Phi) is 10.9. The van der Waals surface area contributed by atoms with Crippen LogP contribution >= 0.6 is 11.6 Å². The van der Waals surface area contributed by atoms with E-state index in [1.807, 2.05) is 13.8 Å². The smallest absolute Gasteiger partial charge is 0.312 e. The summed E-state index contributed by atoms with van der Waals surface area (Å²) in [4.78, 5) is 57.7. The first-order chi connectivity index (χ1) is 21.0. The Morgan fingerprint density at radius 3 is 2.61 bits per heavy atom. The highest BCUT2D eigenvalue weighted by atomic mass is 35.5. The van der Waals surface area contributed by atoms with Crippen LogP contribution in [0.3, 0.4) is 0 Å². The van der Waals surface area contributed by atoms with Crippen LogP contribution in [0.4, 0.5) is 5.69 Å². The van der Waals surface area contributed by atoms with E-state index in [0.29, 0.717) is 36.4 Å². The number of carbonyl (C=O) groups is 4. The fraction of sp³-hybridized carbons (Fsp3) is 0.576. The van der Waals surface area contributed by atoms with Gasteiger partial charge in [-0.05, 0) is 50.7 Å². The molecule has 0 aromatic heterocycles. The van der Waals surface area contributed by atoms with E-state index in [1.165, 1.54) is 9.80 Å². The number of aliphatic hydroxyl groups is 1. The molecule has 0 aliphatic carbocycles. The Morgan fingerprint density at radius 1 is 1.25 bits per heavy atom. The van der Waals surface area contributed by atoms with Gasteiger partial charge < -0.3 is 29.7 Å². The molecule has 0 unspecified atom stereocenters. The van der Waals surface area contributed by atoms with Crippen LogP contribution in [0.5, 0.6) is 0 Å². The standard InChI is InChI=1S/C33H44ClN3O7/c1-6-8-13-26(39)35-18-21(5)43-32(42)27-25-14-15-33(44-25)28(27)30(40)37(22(19-38)17-20(3)4)29(33)31(41)36(16-7-2)24-12-10-9-11-23(24)34/h6-7,9-12,20-22,25,27-29,38H,1-2,8,13-19H2,3-5H3,(H,35,39)/t21-,22+,25+,27-,28-,29+,33-/m0/s1. The predicted octanol–water partition coefficient (Wildman–Crippen LogP) is 3.65. The van der Waals surface area contributed by atoms with Gasteiger partial charge in [0.15, 0.2) is 0 Å². The van der Waals surface area contributed by atoms with Crippen LogP contribution in [0.15, 0.2) is 49.6 Å². The number of para-hydroxylation sites is 1. The zero-order chi connectivity index (χ0) is 32.2. The van der Waals surface area contributed by atoms with Crippen molar-refractivity contribution < 1.29 is 33.8 Å². The number of carbonyl (C=O) groups excluding carboxylic acids is 4. The minimum absolute atomic E-state index is 0.113. The highest BCUT2D eigenvalue weighted by Gasteiger charge is 2.75. The monoisotopic (exact) mass is 629 g/mol. The van der Waals surface area contributed by atoms with Crippen LogP contribution in [0.2, 0.25) is 5.02 Å². The molecular formula is C33H44ClN3O7. The minimum Gasteiger partial charge on any atom is -0.460 e. The van der Waals surface area contributed by atoms with Crippen molar-refractivity contribution in [3.05, 3.63) is 54.6 Å². The van der Waals surface area contributed by atoms with Crippen molar-refractivity contribution in [1.29, 1.82) is 0 Å². The lowest BCUT2D eigenvalue weighted by atomic mass is 9.70. The molecule has 1 spiro atoms. The molecule has 11 heteroatoms. The van der Waals surface area contributed by atoms with Gasteiger partial charge in [-0.3, -0.25) is 19.2 Å². The second kappa shape index (κ2) is 14.3. The summed E-state index contributed by atoms with van der Waals surface area (Å²) in [5, 5.41) is 13.6. The first-order valence-electron chi connectivity index (χ1n) is 15.4. The normalized spacial score (nSPS) is 26.7. The molecule has 3 aliphatic heterocycles. The second-order valence-corrected chi connectivity index (χ2v) is 12.7. The lowest BCUT2D eigenvalue weighted by molar-refractivity contribution is -0.159. The van der Waals surface area contributed by atoms with Crippen molar-refractivity contribution in [3.8, 4) is 0 Å². The summed E-state index contributed by atoms with van der Waals surface area (Å²) in [6.07, 6.45) is 4.12. The van der Waals surface area contributed by atoms with E-state index in [0.717, 1.165) is 0 Å². The van der Waals surface area contributed by atoms with Crippen molar-refractivity contribution in [2.45, 2.75) is 82.8 Å². The van der Waals surface area contributed by atoms with Gasteiger partial charge in [0, 0.05) is 13.0 Å². The molecule has 1 aromatic carbocycles. The van der Waals surface area contributed by atoms with Crippen molar-refractivity contribution in [2.75, 3.05) is 24.6 Å². The number of nitrogens with one attached hydrogen (secondary N) is 1. The fourth-order valence-corrected chi connectivity index (χ4v) is 7.24. The molecule has 4 rings (SSSR count). The quantitative estimate of drug-likeness (QED) is 0.224. The van der Waals surface area contributed by atoms with Crippen LogP contribution < -0.4 is 10.2 Å². The molecule has 1 aromatic rings. The number of benzene rings is 1. The number of ether oxygens (including phenoxy) is 2. The van der Waals surface area contributed by atoms with Crippen molar-refractivity contribution in [3.63, 3.8) is 0 Å². The summed E-state index contributed by atoms with van der Waals surface area (Å²) in [5.74, 6) is -3.38. The van der Waals surface area contributed by atoms with Crippen molar-refractivity contribution in [1.82, 2.24) is 10.2 Å². The minimum atomic E-state index is -1.28. The van der Waals surface area contributed by atoms with Crippen LogP contribution in [0.25, 0.3) is 0 Å². The van der Waals surface area contributed by atoms with E-state index in [4.69, 9.17) is 21.1 Å². The Bertz CT molecular complexity index is 1270. The molecule has 3 aliphatic rings. The molecule has 240 valence electrons. The molecule has 3 fully saturated rings. The topological polar surface area (TPSA) is 125 Å². The van der Waals surface area contributed by atoms with Gasteiger partial charge in [-0.15, -0.1) is 13.2 Å². The van der Waals surface area contributed by atoms with Gasteiger partial charge in [-0.2, -0.15) is 0 Å². The largest absolute Gasteiger partial charge is 0.460 e. The molecule has 0 saturated carbocycles. The maximum absolute atomic E-state index is 14.7. The van der Waals surface area contributed by atoms with E-state index in [-0.39, 0.29) is 37.9 Å². The second-order valence-electron chi connectivity index (χ2n) is 12.3. The van der Waals surface area contributed by atoms with Gasteiger partial charge in [-0.25, -0.2) is 0 Å². The Labute approximate surface area is 264 Å². The summed E-state index contributed by atoms with van der Waals surface area (Å²) in [6, 6.07) is 5.17. The first-order valence-corrected chi connectivity index (χ1v) is 15.7. The number of halogens is 1. The van der Waals surface area contributed by atoms with E-state index in [1.54, 1.807) is 43.3 Å². The molecular weight excluding hydrogens is 586 g/mol. The Morgan fingerprint density at radius 2 is 1.98 bits per heavy atom. The summed E-state index contributed by atoms with van der Waals surface area (Å²) >= 11 is 6.53.